The molecule has 0 unspecified atom stereocenters. The van der Waals surface area contributed by atoms with E-state index in [-0.39, 0.29) is 11.3 Å². The average molecular weight is 348 g/mol. The fourth-order valence-electron chi connectivity index (χ4n) is 3.98. The van der Waals surface area contributed by atoms with Crippen LogP contribution in [0.5, 0.6) is 5.75 Å². The summed E-state index contributed by atoms with van der Waals surface area (Å²) in [5, 5.41) is 9.40. The Labute approximate surface area is 156 Å². The molecule has 1 heterocycles. The Morgan fingerprint density at radius 1 is 1.08 bits per heavy atom. The van der Waals surface area contributed by atoms with Gasteiger partial charge in [-0.25, -0.2) is 0 Å². The minimum atomic E-state index is -0.000658. The van der Waals surface area contributed by atoms with Crippen molar-refractivity contribution in [3.05, 3.63) is 59.2 Å². The highest BCUT2D eigenvalue weighted by Crippen LogP contribution is 2.41. The van der Waals surface area contributed by atoms with E-state index < -0.39 is 0 Å². The maximum Gasteiger partial charge on any atom is 0.115 e. The molecule has 3 heteroatoms. The number of hydrogen-bond acceptors (Lipinski definition) is 3. The number of phenols is 1. The van der Waals surface area contributed by atoms with Crippen molar-refractivity contribution < 1.29 is 5.11 Å². The standard InChI is InChI=1S/C23H28N2O/c1-15(2)25-22-11-16(3)18(12-21(22)17(4)13-23(25,5)6)14-24-19-7-9-20(26)10-8-19/h7-15,26H,1-6H3. The molecule has 0 bridgehead atoms. The first-order valence-corrected chi connectivity index (χ1v) is 9.16. The fraction of sp³-hybridized carbons (Fsp3) is 0.348. The highest BCUT2D eigenvalue weighted by atomic mass is 16.3. The summed E-state index contributed by atoms with van der Waals surface area (Å²) in [6.45, 7) is 13.4. The second-order valence-corrected chi connectivity index (χ2v) is 7.95. The predicted molar refractivity (Wildman–Crippen MR) is 112 cm³/mol. The van der Waals surface area contributed by atoms with E-state index >= 15 is 0 Å². The number of allylic oxidation sites excluding steroid dienone is 1. The number of aliphatic imine (C=N–C) groups is 1. The molecular weight excluding hydrogens is 320 g/mol. The monoisotopic (exact) mass is 348 g/mol. The second kappa shape index (κ2) is 6.64. The first kappa shape index (κ1) is 18.2. The van der Waals surface area contributed by atoms with Crippen molar-refractivity contribution in [1.29, 1.82) is 0 Å². The maximum absolute atomic E-state index is 9.40. The lowest BCUT2D eigenvalue weighted by Crippen LogP contribution is -2.49. The van der Waals surface area contributed by atoms with Crippen LogP contribution in [0.2, 0.25) is 0 Å². The van der Waals surface area contributed by atoms with E-state index in [1.807, 2.05) is 18.3 Å². The molecule has 0 radical (unpaired) electrons. The van der Waals surface area contributed by atoms with Gasteiger partial charge in [0.2, 0.25) is 0 Å². The summed E-state index contributed by atoms with van der Waals surface area (Å²) >= 11 is 0. The molecule has 0 aliphatic carbocycles. The van der Waals surface area contributed by atoms with Gasteiger partial charge in [0.25, 0.3) is 0 Å². The number of aryl methyl sites for hydroxylation is 1. The van der Waals surface area contributed by atoms with Crippen molar-refractivity contribution in [2.75, 3.05) is 4.90 Å². The largest absolute Gasteiger partial charge is 0.508 e. The molecule has 0 saturated carbocycles. The molecule has 0 aromatic heterocycles. The number of anilines is 1. The normalized spacial score (nSPS) is 16.1. The van der Waals surface area contributed by atoms with Crippen LogP contribution >= 0.6 is 0 Å². The van der Waals surface area contributed by atoms with E-state index in [0.29, 0.717) is 6.04 Å². The van der Waals surface area contributed by atoms with Crippen molar-refractivity contribution in [3.8, 4) is 5.75 Å². The van der Waals surface area contributed by atoms with Crippen LogP contribution in [-0.4, -0.2) is 22.9 Å². The average Bonchev–Trinajstić information content (AvgIpc) is 2.53. The van der Waals surface area contributed by atoms with Crippen LogP contribution in [0, 0.1) is 6.92 Å². The molecular formula is C23H28N2O. The molecule has 2 aromatic rings. The molecule has 0 atom stereocenters. The molecule has 0 spiro atoms. The Hall–Kier alpha value is -2.55. The first-order valence-electron chi connectivity index (χ1n) is 9.16. The summed E-state index contributed by atoms with van der Waals surface area (Å²) < 4.78 is 0. The molecule has 136 valence electrons. The van der Waals surface area contributed by atoms with Crippen LogP contribution in [0.25, 0.3) is 5.57 Å². The van der Waals surface area contributed by atoms with E-state index in [9.17, 15) is 5.11 Å². The number of benzene rings is 2. The zero-order valence-electron chi connectivity index (χ0n) is 16.5. The Morgan fingerprint density at radius 3 is 2.35 bits per heavy atom. The van der Waals surface area contributed by atoms with Crippen LogP contribution < -0.4 is 4.90 Å². The van der Waals surface area contributed by atoms with Crippen LogP contribution in [0.4, 0.5) is 11.4 Å². The van der Waals surface area contributed by atoms with Gasteiger partial charge in [0.1, 0.15) is 5.75 Å². The van der Waals surface area contributed by atoms with Gasteiger partial charge in [0.05, 0.1) is 11.2 Å². The molecule has 0 amide bonds. The van der Waals surface area contributed by atoms with E-state index in [1.165, 1.54) is 22.4 Å². The number of phenolic OH excluding ortho intramolecular Hbond substituents is 1. The lowest BCUT2D eigenvalue weighted by molar-refractivity contribution is 0.475. The van der Waals surface area contributed by atoms with Gasteiger partial charge >= 0.3 is 0 Å². The number of aromatic hydroxyl groups is 1. The predicted octanol–water partition coefficient (Wildman–Crippen LogP) is 5.86. The first-order chi connectivity index (χ1) is 12.2. The molecule has 1 N–H and O–H groups in total. The quantitative estimate of drug-likeness (QED) is 0.705. The number of hydrogen-bond donors (Lipinski definition) is 1. The SMILES string of the molecule is CC1=CC(C)(C)N(C(C)C)c2cc(C)c(C=Nc3ccc(O)cc3)cc21. The molecule has 1 aliphatic heterocycles. The summed E-state index contributed by atoms with van der Waals surface area (Å²) in [6, 6.07) is 11.9. The van der Waals surface area contributed by atoms with Gasteiger partial charge in [-0.05, 0) is 94.6 Å². The number of rotatable bonds is 3. The molecule has 0 saturated heterocycles. The summed E-state index contributed by atoms with van der Waals surface area (Å²) in [5.74, 6) is 0.256. The second-order valence-electron chi connectivity index (χ2n) is 7.95. The summed E-state index contributed by atoms with van der Waals surface area (Å²) in [7, 11) is 0. The van der Waals surface area contributed by atoms with Crippen molar-refractivity contribution in [2.45, 2.75) is 53.1 Å². The molecule has 0 fully saturated rings. The van der Waals surface area contributed by atoms with Gasteiger partial charge in [0, 0.05) is 23.5 Å². The Bertz CT molecular complexity index is 874. The van der Waals surface area contributed by atoms with E-state index in [2.05, 4.69) is 69.6 Å². The Balaban J connectivity index is 2.04. The Kier molecular flexibility index (Phi) is 4.66. The van der Waals surface area contributed by atoms with Gasteiger partial charge in [-0.2, -0.15) is 0 Å². The lowest BCUT2D eigenvalue weighted by Gasteiger charge is -2.46. The van der Waals surface area contributed by atoms with Gasteiger partial charge in [-0.15, -0.1) is 0 Å². The number of fused-ring (bicyclic) bond motifs is 1. The lowest BCUT2D eigenvalue weighted by atomic mass is 9.86. The van der Waals surface area contributed by atoms with Crippen molar-refractivity contribution >= 4 is 23.2 Å². The van der Waals surface area contributed by atoms with E-state index in [0.717, 1.165) is 11.3 Å². The molecule has 3 nitrogen and oxygen atoms in total. The highest BCUT2D eigenvalue weighted by Gasteiger charge is 2.33. The minimum absolute atomic E-state index is 0.000658. The van der Waals surface area contributed by atoms with Gasteiger partial charge < -0.3 is 10.0 Å². The van der Waals surface area contributed by atoms with Crippen molar-refractivity contribution in [2.24, 2.45) is 4.99 Å². The highest BCUT2D eigenvalue weighted by molar-refractivity contribution is 5.90. The smallest absolute Gasteiger partial charge is 0.115 e. The van der Waals surface area contributed by atoms with Crippen LogP contribution in [0.1, 0.15) is 51.3 Å². The van der Waals surface area contributed by atoms with Crippen LogP contribution in [0.15, 0.2) is 47.5 Å². The summed E-state index contributed by atoms with van der Waals surface area (Å²) in [4.78, 5) is 7.06. The van der Waals surface area contributed by atoms with Gasteiger partial charge in [0.15, 0.2) is 0 Å². The van der Waals surface area contributed by atoms with Crippen LogP contribution in [-0.2, 0) is 0 Å². The molecule has 1 aliphatic rings. The zero-order valence-corrected chi connectivity index (χ0v) is 16.5. The molecule has 3 rings (SSSR count). The third kappa shape index (κ3) is 3.39. The zero-order chi connectivity index (χ0) is 19.1. The van der Waals surface area contributed by atoms with Crippen molar-refractivity contribution in [1.82, 2.24) is 0 Å². The Morgan fingerprint density at radius 2 is 1.73 bits per heavy atom. The van der Waals surface area contributed by atoms with Gasteiger partial charge in [-0.1, -0.05) is 6.08 Å². The molecule has 2 aromatic carbocycles. The van der Waals surface area contributed by atoms with Crippen molar-refractivity contribution in [3.63, 3.8) is 0 Å². The van der Waals surface area contributed by atoms with E-state index in [4.69, 9.17) is 0 Å². The van der Waals surface area contributed by atoms with E-state index in [1.54, 1.807) is 12.1 Å². The summed E-state index contributed by atoms with van der Waals surface area (Å²) in [6.07, 6.45) is 4.26. The summed E-state index contributed by atoms with van der Waals surface area (Å²) in [5.41, 5.74) is 7.04. The molecule has 26 heavy (non-hydrogen) atoms. The number of nitrogens with zero attached hydrogens (tertiary/aromatic N) is 2. The van der Waals surface area contributed by atoms with Crippen LogP contribution in [0.3, 0.4) is 0 Å². The third-order valence-corrected chi connectivity index (χ3v) is 4.98. The third-order valence-electron chi connectivity index (χ3n) is 4.98. The topological polar surface area (TPSA) is 35.8 Å². The van der Waals surface area contributed by atoms with Gasteiger partial charge in [-0.3, -0.25) is 4.99 Å². The fourth-order valence-corrected chi connectivity index (χ4v) is 3.98. The minimum Gasteiger partial charge on any atom is -0.508 e. The maximum atomic E-state index is 9.40.